The molecule has 0 aliphatic carbocycles. The Morgan fingerprint density at radius 1 is 1.54 bits per heavy atom. The standard InChI is InChI=1S/C8H14N2O3/c9-4-3-7(11)10-5-1-2-6(10)8(12)13/h6H,1-5,9H2,(H,12,13)/t6-/m0/s1. The van der Waals surface area contributed by atoms with Crippen LogP contribution < -0.4 is 5.73 Å². The second-order valence-electron chi connectivity index (χ2n) is 3.12. The van der Waals surface area contributed by atoms with Crippen LogP contribution in [0.2, 0.25) is 0 Å². The lowest BCUT2D eigenvalue weighted by atomic mass is 10.2. The number of hydrogen-bond donors (Lipinski definition) is 2. The Balaban J connectivity index is 2.57. The number of hydrogen-bond acceptors (Lipinski definition) is 3. The fourth-order valence-electron chi connectivity index (χ4n) is 1.59. The Morgan fingerprint density at radius 3 is 2.77 bits per heavy atom. The minimum absolute atomic E-state index is 0.146. The summed E-state index contributed by atoms with van der Waals surface area (Å²) in [6.45, 7) is 0.831. The molecule has 0 aromatic heterocycles. The van der Waals surface area contributed by atoms with E-state index in [1.807, 2.05) is 0 Å². The molecule has 0 radical (unpaired) electrons. The molecule has 1 heterocycles. The van der Waals surface area contributed by atoms with E-state index in [1.54, 1.807) is 0 Å². The molecule has 0 spiro atoms. The molecule has 1 atom stereocenters. The summed E-state index contributed by atoms with van der Waals surface area (Å²) in [7, 11) is 0. The van der Waals surface area contributed by atoms with E-state index in [-0.39, 0.29) is 18.9 Å². The molecule has 74 valence electrons. The van der Waals surface area contributed by atoms with Crippen molar-refractivity contribution in [2.45, 2.75) is 25.3 Å². The molecule has 0 bridgehead atoms. The zero-order valence-electron chi connectivity index (χ0n) is 7.40. The van der Waals surface area contributed by atoms with Crippen molar-refractivity contribution in [3.05, 3.63) is 0 Å². The van der Waals surface area contributed by atoms with E-state index in [1.165, 1.54) is 4.90 Å². The molecule has 0 aromatic rings. The Kier molecular flexibility index (Phi) is 3.25. The van der Waals surface area contributed by atoms with Gasteiger partial charge in [0.05, 0.1) is 0 Å². The second kappa shape index (κ2) is 4.23. The van der Waals surface area contributed by atoms with Crippen LogP contribution in [0.15, 0.2) is 0 Å². The molecule has 1 fully saturated rings. The molecule has 1 aliphatic heterocycles. The summed E-state index contributed by atoms with van der Waals surface area (Å²) < 4.78 is 0. The molecule has 5 heteroatoms. The summed E-state index contributed by atoms with van der Waals surface area (Å²) >= 11 is 0. The Bertz CT molecular complexity index is 217. The van der Waals surface area contributed by atoms with E-state index in [2.05, 4.69) is 0 Å². The number of carbonyl (C=O) groups excluding carboxylic acids is 1. The van der Waals surface area contributed by atoms with Crippen LogP contribution in [0.5, 0.6) is 0 Å². The molecular weight excluding hydrogens is 172 g/mol. The summed E-state index contributed by atoms with van der Waals surface area (Å²) in [4.78, 5) is 23.5. The van der Waals surface area contributed by atoms with Gasteiger partial charge in [0.2, 0.25) is 5.91 Å². The number of amides is 1. The Morgan fingerprint density at radius 2 is 2.23 bits per heavy atom. The lowest BCUT2D eigenvalue weighted by Gasteiger charge is -2.20. The Hall–Kier alpha value is -1.10. The van der Waals surface area contributed by atoms with Gasteiger partial charge in [0.15, 0.2) is 0 Å². The smallest absolute Gasteiger partial charge is 0.326 e. The number of nitrogens with zero attached hydrogens (tertiary/aromatic N) is 1. The van der Waals surface area contributed by atoms with E-state index >= 15 is 0 Å². The lowest BCUT2D eigenvalue weighted by molar-refractivity contribution is -0.148. The van der Waals surface area contributed by atoms with Crippen LogP contribution in [-0.4, -0.2) is 41.0 Å². The minimum Gasteiger partial charge on any atom is -0.480 e. The molecule has 3 N–H and O–H groups in total. The first kappa shape index (κ1) is 9.98. The first-order valence-corrected chi connectivity index (χ1v) is 4.39. The predicted molar refractivity (Wildman–Crippen MR) is 46.0 cm³/mol. The number of aliphatic carboxylic acids is 1. The van der Waals surface area contributed by atoms with Crippen molar-refractivity contribution in [2.24, 2.45) is 5.73 Å². The number of carboxylic acids is 1. The normalized spacial score (nSPS) is 21.9. The third kappa shape index (κ3) is 2.18. The monoisotopic (exact) mass is 186 g/mol. The van der Waals surface area contributed by atoms with Gasteiger partial charge in [-0.1, -0.05) is 0 Å². The fraction of sp³-hybridized carbons (Fsp3) is 0.750. The van der Waals surface area contributed by atoms with Crippen molar-refractivity contribution in [2.75, 3.05) is 13.1 Å². The van der Waals surface area contributed by atoms with Crippen molar-refractivity contribution in [1.82, 2.24) is 4.90 Å². The molecule has 13 heavy (non-hydrogen) atoms. The molecule has 0 aromatic carbocycles. The first-order valence-electron chi connectivity index (χ1n) is 4.39. The quantitative estimate of drug-likeness (QED) is 0.617. The first-order chi connectivity index (χ1) is 6.16. The van der Waals surface area contributed by atoms with Crippen molar-refractivity contribution in [1.29, 1.82) is 0 Å². The third-order valence-electron chi connectivity index (χ3n) is 2.22. The maximum atomic E-state index is 11.3. The molecule has 1 aliphatic rings. The van der Waals surface area contributed by atoms with Gasteiger partial charge >= 0.3 is 5.97 Å². The van der Waals surface area contributed by atoms with Gasteiger partial charge in [-0.15, -0.1) is 0 Å². The maximum Gasteiger partial charge on any atom is 0.326 e. The Labute approximate surface area is 76.5 Å². The van der Waals surface area contributed by atoms with Crippen LogP contribution in [0, 0.1) is 0 Å². The number of rotatable bonds is 3. The highest BCUT2D eigenvalue weighted by atomic mass is 16.4. The van der Waals surface area contributed by atoms with E-state index in [9.17, 15) is 9.59 Å². The third-order valence-corrected chi connectivity index (χ3v) is 2.22. The number of nitrogens with two attached hydrogens (primary N) is 1. The summed E-state index contributed by atoms with van der Waals surface area (Å²) in [5.74, 6) is -1.06. The van der Waals surface area contributed by atoms with Crippen molar-refractivity contribution in [3.63, 3.8) is 0 Å². The van der Waals surface area contributed by atoms with Gasteiger partial charge in [-0.05, 0) is 12.8 Å². The van der Waals surface area contributed by atoms with Crippen LogP contribution >= 0.6 is 0 Å². The number of carbonyl (C=O) groups is 2. The second-order valence-corrected chi connectivity index (χ2v) is 3.12. The van der Waals surface area contributed by atoms with Crippen LogP contribution in [0.4, 0.5) is 0 Å². The zero-order chi connectivity index (χ0) is 9.84. The molecule has 1 saturated heterocycles. The van der Waals surface area contributed by atoms with Gasteiger partial charge in [-0.3, -0.25) is 4.79 Å². The topological polar surface area (TPSA) is 83.6 Å². The largest absolute Gasteiger partial charge is 0.480 e. The van der Waals surface area contributed by atoms with Crippen LogP contribution in [0.25, 0.3) is 0 Å². The minimum atomic E-state index is -0.914. The van der Waals surface area contributed by atoms with Gasteiger partial charge in [0.25, 0.3) is 0 Å². The summed E-state index contributed by atoms with van der Waals surface area (Å²) in [6.07, 6.45) is 1.57. The van der Waals surface area contributed by atoms with Gasteiger partial charge < -0.3 is 15.7 Å². The fourth-order valence-corrected chi connectivity index (χ4v) is 1.59. The van der Waals surface area contributed by atoms with E-state index < -0.39 is 12.0 Å². The summed E-state index contributed by atoms with van der Waals surface area (Å²) in [5, 5.41) is 8.78. The summed E-state index contributed by atoms with van der Waals surface area (Å²) in [6, 6.07) is -0.626. The molecule has 1 amide bonds. The van der Waals surface area contributed by atoms with Crippen molar-refractivity contribution in [3.8, 4) is 0 Å². The van der Waals surface area contributed by atoms with E-state index in [0.717, 1.165) is 6.42 Å². The maximum absolute atomic E-state index is 11.3. The highest BCUT2D eigenvalue weighted by Crippen LogP contribution is 2.17. The van der Waals surface area contributed by atoms with Crippen LogP contribution in [-0.2, 0) is 9.59 Å². The molecule has 0 unspecified atom stereocenters. The highest BCUT2D eigenvalue weighted by molar-refractivity contribution is 5.84. The SMILES string of the molecule is NCCC(=O)N1CCC[C@H]1C(=O)O. The molecule has 1 rings (SSSR count). The highest BCUT2D eigenvalue weighted by Gasteiger charge is 2.33. The molecule has 5 nitrogen and oxygen atoms in total. The van der Waals surface area contributed by atoms with E-state index in [4.69, 9.17) is 10.8 Å². The average molecular weight is 186 g/mol. The molecular formula is C8H14N2O3. The van der Waals surface area contributed by atoms with E-state index in [0.29, 0.717) is 13.0 Å². The number of likely N-dealkylation sites (tertiary alicyclic amines) is 1. The van der Waals surface area contributed by atoms with Crippen molar-refractivity contribution < 1.29 is 14.7 Å². The van der Waals surface area contributed by atoms with Gasteiger partial charge in [-0.2, -0.15) is 0 Å². The zero-order valence-corrected chi connectivity index (χ0v) is 7.40. The van der Waals surface area contributed by atoms with Gasteiger partial charge in [0, 0.05) is 19.5 Å². The van der Waals surface area contributed by atoms with Crippen LogP contribution in [0.1, 0.15) is 19.3 Å². The predicted octanol–water partition coefficient (Wildman–Crippen LogP) is -0.589. The number of carboxylic acid groups (broad SMARTS) is 1. The average Bonchev–Trinajstić information content (AvgIpc) is 2.52. The molecule has 0 saturated carbocycles. The van der Waals surface area contributed by atoms with Gasteiger partial charge in [-0.25, -0.2) is 4.79 Å². The van der Waals surface area contributed by atoms with Crippen molar-refractivity contribution >= 4 is 11.9 Å². The lowest BCUT2D eigenvalue weighted by Crippen LogP contribution is -2.41. The summed E-state index contributed by atoms with van der Waals surface area (Å²) in [5.41, 5.74) is 5.22. The van der Waals surface area contributed by atoms with Crippen LogP contribution in [0.3, 0.4) is 0 Å². The van der Waals surface area contributed by atoms with Gasteiger partial charge in [0.1, 0.15) is 6.04 Å².